The fourth-order valence-electron chi connectivity index (χ4n) is 2.14. The Balaban J connectivity index is 0.00000200. The van der Waals surface area contributed by atoms with E-state index in [9.17, 15) is 9.59 Å². The second-order valence-electron chi connectivity index (χ2n) is 4.59. The second-order valence-corrected chi connectivity index (χ2v) is 5.50. The molecule has 2 unspecified atom stereocenters. The van der Waals surface area contributed by atoms with Gasteiger partial charge in [-0.05, 0) is 30.7 Å². The molecule has 20 heavy (non-hydrogen) atoms. The zero-order valence-electron chi connectivity index (χ0n) is 10.8. The summed E-state index contributed by atoms with van der Waals surface area (Å²) in [6.07, 6.45) is 0.787. The van der Waals surface area contributed by atoms with Gasteiger partial charge in [0.2, 0.25) is 11.8 Å². The van der Waals surface area contributed by atoms with Gasteiger partial charge in [-0.25, -0.2) is 0 Å². The summed E-state index contributed by atoms with van der Waals surface area (Å²) in [5.74, 6) is -0.778. The van der Waals surface area contributed by atoms with Gasteiger partial charge < -0.3 is 16.4 Å². The van der Waals surface area contributed by atoms with Crippen LogP contribution in [0, 0.1) is 5.92 Å². The topological polar surface area (TPSA) is 84.2 Å². The van der Waals surface area contributed by atoms with E-state index in [-0.39, 0.29) is 24.2 Å². The standard InChI is InChI=1S/C13H16BrN3O2.ClH/c14-10-3-1-2-8(6-10)11(12(15)18)17-13(19)9-4-5-16-7-9;/h1-3,6,9,11,16H,4-5,7H2,(H2,15,18)(H,17,19);1H. The summed E-state index contributed by atoms with van der Waals surface area (Å²) < 4.78 is 0.841. The number of halogens is 2. The van der Waals surface area contributed by atoms with Gasteiger partial charge in [0.15, 0.2) is 0 Å². The smallest absolute Gasteiger partial charge is 0.244 e. The van der Waals surface area contributed by atoms with Gasteiger partial charge in [0, 0.05) is 11.0 Å². The van der Waals surface area contributed by atoms with Crippen molar-refractivity contribution in [2.24, 2.45) is 11.7 Å². The fraction of sp³-hybridized carbons (Fsp3) is 0.385. The van der Waals surface area contributed by atoms with Gasteiger partial charge in [-0.3, -0.25) is 9.59 Å². The predicted octanol–water partition coefficient (Wildman–Crippen LogP) is 1.12. The van der Waals surface area contributed by atoms with Crippen molar-refractivity contribution < 1.29 is 9.59 Å². The molecular formula is C13H17BrClN3O2. The van der Waals surface area contributed by atoms with Crippen LogP contribution in [0.3, 0.4) is 0 Å². The number of carbonyl (C=O) groups excluding carboxylic acids is 2. The molecule has 110 valence electrons. The van der Waals surface area contributed by atoms with Crippen LogP contribution in [0.2, 0.25) is 0 Å². The number of nitrogens with one attached hydrogen (secondary N) is 2. The lowest BCUT2D eigenvalue weighted by atomic mass is 10.0. The fourth-order valence-corrected chi connectivity index (χ4v) is 2.56. The number of amides is 2. The SMILES string of the molecule is Cl.NC(=O)C(NC(=O)C1CCNC1)c1cccc(Br)c1. The van der Waals surface area contributed by atoms with Gasteiger partial charge in [0.25, 0.3) is 0 Å². The van der Waals surface area contributed by atoms with Crippen molar-refractivity contribution in [2.45, 2.75) is 12.5 Å². The first kappa shape index (κ1) is 16.9. The number of hydrogen-bond donors (Lipinski definition) is 3. The molecule has 2 atom stereocenters. The van der Waals surface area contributed by atoms with Crippen molar-refractivity contribution in [3.63, 3.8) is 0 Å². The molecule has 1 heterocycles. The number of primary amides is 1. The van der Waals surface area contributed by atoms with E-state index in [1.807, 2.05) is 6.07 Å². The second kappa shape index (κ2) is 7.61. The molecule has 1 aromatic rings. The van der Waals surface area contributed by atoms with Crippen LogP contribution in [0.4, 0.5) is 0 Å². The van der Waals surface area contributed by atoms with Crippen LogP contribution in [0.5, 0.6) is 0 Å². The third kappa shape index (κ3) is 4.19. The number of rotatable bonds is 4. The van der Waals surface area contributed by atoms with Crippen molar-refractivity contribution >= 4 is 40.2 Å². The van der Waals surface area contributed by atoms with Crippen molar-refractivity contribution in [3.05, 3.63) is 34.3 Å². The Kier molecular flexibility index (Phi) is 6.45. The van der Waals surface area contributed by atoms with Crippen molar-refractivity contribution in [3.8, 4) is 0 Å². The maximum absolute atomic E-state index is 12.0. The molecule has 2 amide bonds. The number of nitrogens with two attached hydrogens (primary N) is 1. The Morgan fingerprint density at radius 2 is 2.20 bits per heavy atom. The van der Waals surface area contributed by atoms with Crippen LogP contribution in [-0.2, 0) is 9.59 Å². The lowest BCUT2D eigenvalue weighted by molar-refractivity contribution is -0.129. The summed E-state index contributed by atoms with van der Waals surface area (Å²) in [7, 11) is 0. The van der Waals surface area contributed by atoms with E-state index in [4.69, 9.17) is 5.73 Å². The zero-order chi connectivity index (χ0) is 13.8. The Labute approximate surface area is 132 Å². The molecule has 0 radical (unpaired) electrons. The van der Waals surface area contributed by atoms with Gasteiger partial charge >= 0.3 is 0 Å². The molecule has 1 aliphatic heterocycles. The van der Waals surface area contributed by atoms with Crippen LogP contribution < -0.4 is 16.4 Å². The summed E-state index contributed by atoms with van der Waals surface area (Å²) in [6.45, 7) is 1.48. The van der Waals surface area contributed by atoms with Crippen LogP contribution in [-0.4, -0.2) is 24.9 Å². The van der Waals surface area contributed by atoms with E-state index in [1.165, 1.54) is 0 Å². The first-order chi connectivity index (χ1) is 9.08. The summed E-state index contributed by atoms with van der Waals surface area (Å²) in [6, 6.07) is 6.42. The molecule has 1 saturated heterocycles. The highest BCUT2D eigenvalue weighted by Gasteiger charge is 2.27. The van der Waals surface area contributed by atoms with E-state index < -0.39 is 11.9 Å². The normalized spacial score (nSPS) is 18.9. The van der Waals surface area contributed by atoms with E-state index in [0.29, 0.717) is 12.1 Å². The van der Waals surface area contributed by atoms with Crippen LogP contribution in [0.15, 0.2) is 28.7 Å². The molecule has 1 fully saturated rings. The highest BCUT2D eigenvalue weighted by Crippen LogP contribution is 2.19. The van der Waals surface area contributed by atoms with Gasteiger partial charge in [0.05, 0.1) is 5.92 Å². The van der Waals surface area contributed by atoms with Gasteiger partial charge in [-0.2, -0.15) is 0 Å². The minimum atomic E-state index is -0.786. The molecule has 0 aliphatic carbocycles. The van der Waals surface area contributed by atoms with Crippen LogP contribution in [0.1, 0.15) is 18.0 Å². The number of hydrogen-bond acceptors (Lipinski definition) is 3. The molecule has 5 nitrogen and oxygen atoms in total. The Morgan fingerprint density at radius 3 is 2.75 bits per heavy atom. The predicted molar refractivity (Wildman–Crippen MR) is 82.4 cm³/mol. The quantitative estimate of drug-likeness (QED) is 0.750. The van der Waals surface area contributed by atoms with E-state index >= 15 is 0 Å². The van der Waals surface area contributed by atoms with Crippen molar-refractivity contribution in [2.75, 3.05) is 13.1 Å². The van der Waals surface area contributed by atoms with E-state index in [0.717, 1.165) is 17.4 Å². The minimum absolute atomic E-state index is 0. The first-order valence-corrected chi connectivity index (χ1v) is 6.93. The molecule has 1 aliphatic rings. The highest BCUT2D eigenvalue weighted by molar-refractivity contribution is 9.10. The van der Waals surface area contributed by atoms with Gasteiger partial charge in [-0.1, -0.05) is 28.1 Å². The molecule has 0 spiro atoms. The summed E-state index contributed by atoms with van der Waals surface area (Å²) in [5, 5.41) is 5.85. The van der Waals surface area contributed by atoms with Gasteiger partial charge in [0.1, 0.15) is 6.04 Å². The third-order valence-corrected chi connectivity index (χ3v) is 3.68. The maximum Gasteiger partial charge on any atom is 0.244 e. The van der Waals surface area contributed by atoms with E-state index in [2.05, 4.69) is 26.6 Å². The molecule has 0 bridgehead atoms. The lowest BCUT2D eigenvalue weighted by Crippen LogP contribution is -2.41. The number of benzene rings is 1. The largest absolute Gasteiger partial charge is 0.368 e. The monoisotopic (exact) mass is 361 g/mol. The molecule has 2 rings (SSSR count). The van der Waals surface area contributed by atoms with E-state index in [1.54, 1.807) is 18.2 Å². The van der Waals surface area contributed by atoms with Crippen molar-refractivity contribution in [1.82, 2.24) is 10.6 Å². The zero-order valence-corrected chi connectivity index (χ0v) is 13.2. The average Bonchev–Trinajstić information content (AvgIpc) is 2.89. The Bertz CT molecular complexity index is 492. The van der Waals surface area contributed by atoms with Crippen molar-refractivity contribution in [1.29, 1.82) is 0 Å². The Morgan fingerprint density at radius 1 is 1.45 bits per heavy atom. The molecule has 0 aromatic heterocycles. The maximum atomic E-state index is 12.0. The highest BCUT2D eigenvalue weighted by atomic mass is 79.9. The summed E-state index contributed by atoms with van der Waals surface area (Å²) in [5.41, 5.74) is 6.06. The molecule has 4 N–H and O–H groups in total. The summed E-state index contributed by atoms with van der Waals surface area (Å²) in [4.78, 5) is 23.6. The first-order valence-electron chi connectivity index (χ1n) is 6.14. The van der Waals surface area contributed by atoms with Crippen LogP contribution in [0.25, 0.3) is 0 Å². The lowest BCUT2D eigenvalue weighted by Gasteiger charge is -2.18. The summed E-state index contributed by atoms with van der Waals surface area (Å²) >= 11 is 3.34. The van der Waals surface area contributed by atoms with Crippen LogP contribution >= 0.6 is 28.3 Å². The molecular weight excluding hydrogens is 346 g/mol. The average molecular weight is 363 g/mol. The molecule has 1 aromatic carbocycles. The van der Waals surface area contributed by atoms with Gasteiger partial charge in [-0.15, -0.1) is 12.4 Å². The third-order valence-electron chi connectivity index (χ3n) is 3.18. The molecule has 7 heteroatoms. The Hall–Kier alpha value is -1.11. The molecule has 0 saturated carbocycles. The minimum Gasteiger partial charge on any atom is -0.368 e. The number of carbonyl (C=O) groups is 2.